The van der Waals surface area contributed by atoms with E-state index in [1.54, 1.807) is 6.07 Å². The number of benzene rings is 1. The number of rotatable bonds is 4. The van der Waals surface area contributed by atoms with Gasteiger partial charge in [-0.25, -0.2) is 0 Å². The lowest BCUT2D eigenvalue weighted by Crippen LogP contribution is -2.49. The van der Waals surface area contributed by atoms with E-state index in [-0.39, 0.29) is 35.5 Å². The Labute approximate surface area is 171 Å². The average Bonchev–Trinajstić information content (AvgIpc) is 2.85. The predicted octanol–water partition coefficient (Wildman–Crippen LogP) is 2.89. The Kier molecular flexibility index (Phi) is 6.10. The van der Waals surface area contributed by atoms with Crippen LogP contribution in [0, 0.1) is 6.92 Å². The quantitative estimate of drug-likeness (QED) is 0.850. The number of carbonyl (C=O) groups excluding carboxylic acids is 1. The number of nitrogens with zero attached hydrogens (tertiary/aromatic N) is 3. The fraction of sp³-hybridized carbons (Fsp3) is 0.571. The molecule has 28 heavy (non-hydrogen) atoms. The lowest BCUT2D eigenvalue weighted by molar-refractivity contribution is 0.0874. The van der Waals surface area contributed by atoms with E-state index in [0.29, 0.717) is 24.0 Å². The zero-order chi connectivity index (χ0) is 19.1. The van der Waals surface area contributed by atoms with Gasteiger partial charge in [-0.1, -0.05) is 19.1 Å². The molecule has 0 aliphatic carbocycles. The fourth-order valence-corrected chi connectivity index (χ4v) is 4.83. The summed E-state index contributed by atoms with van der Waals surface area (Å²) in [6, 6.07) is 6.84. The molecule has 0 radical (unpaired) electrons. The molecule has 6 nitrogen and oxygen atoms in total. The van der Waals surface area contributed by atoms with Crippen molar-refractivity contribution in [3.8, 4) is 0 Å². The molecule has 2 fully saturated rings. The maximum atomic E-state index is 13.0. The van der Waals surface area contributed by atoms with Crippen LogP contribution in [0.3, 0.4) is 0 Å². The second kappa shape index (κ2) is 8.21. The predicted molar refractivity (Wildman–Crippen MR) is 113 cm³/mol. The van der Waals surface area contributed by atoms with E-state index in [9.17, 15) is 9.59 Å². The molecule has 2 saturated heterocycles. The molecule has 2 bridgehead atoms. The molecule has 152 valence electrons. The van der Waals surface area contributed by atoms with Gasteiger partial charge in [-0.05, 0) is 57.7 Å². The van der Waals surface area contributed by atoms with E-state index >= 15 is 0 Å². The molecule has 1 aromatic heterocycles. The number of hydrogen-bond acceptors (Lipinski definition) is 4. The van der Waals surface area contributed by atoms with Crippen LogP contribution in [0.25, 0.3) is 10.9 Å². The minimum atomic E-state index is -0.331. The van der Waals surface area contributed by atoms with Crippen LogP contribution in [0.4, 0.5) is 0 Å². The molecule has 0 spiro atoms. The average molecular weight is 405 g/mol. The second-order valence-corrected chi connectivity index (χ2v) is 8.06. The first-order chi connectivity index (χ1) is 13.0. The van der Waals surface area contributed by atoms with Crippen LogP contribution in [0.2, 0.25) is 0 Å². The number of aromatic nitrogens is 2. The van der Waals surface area contributed by atoms with E-state index < -0.39 is 0 Å². The van der Waals surface area contributed by atoms with Gasteiger partial charge in [0.25, 0.3) is 5.91 Å². The lowest BCUT2D eigenvalue weighted by Gasteiger charge is -2.36. The monoisotopic (exact) mass is 404 g/mol. The zero-order valence-electron chi connectivity index (χ0n) is 16.8. The van der Waals surface area contributed by atoms with Crippen LogP contribution in [-0.4, -0.2) is 45.8 Å². The molecule has 4 rings (SSSR count). The van der Waals surface area contributed by atoms with Crippen molar-refractivity contribution >= 4 is 29.2 Å². The van der Waals surface area contributed by atoms with Crippen molar-refractivity contribution in [2.45, 2.75) is 70.6 Å². The van der Waals surface area contributed by atoms with Gasteiger partial charge in [-0.3, -0.25) is 14.3 Å². The molecule has 2 aliphatic rings. The molecule has 0 saturated carbocycles. The van der Waals surface area contributed by atoms with Gasteiger partial charge in [0.05, 0.1) is 10.9 Å². The summed E-state index contributed by atoms with van der Waals surface area (Å²) in [7, 11) is 2.18. The number of amides is 1. The van der Waals surface area contributed by atoms with Crippen LogP contribution in [0.15, 0.2) is 23.0 Å². The van der Waals surface area contributed by atoms with E-state index in [1.165, 1.54) is 12.8 Å². The van der Waals surface area contributed by atoms with E-state index in [0.717, 1.165) is 30.3 Å². The van der Waals surface area contributed by atoms with Crippen LogP contribution < -0.4 is 10.7 Å². The Morgan fingerprint density at radius 2 is 1.93 bits per heavy atom. The van der Waals surface area contributed by atoms with Gasteiger partial charge in [0.15, 0.2) is 5.69 Å². The third-order valence-electron chi connectivity index (χ3n) is 6.26. The Morgan fingerprint density at radius 1 is 1.25 bits per heavy atom. The minimum absolute atomic E-state index is 0. The molecular formula is C21H29ClN4O2. The standard InChI is InChI=1S/C21H28N4O2.ClH/c1-4-10-25-19-13(2)6-5-7-17(19)20(26)18(23-25)21(27)22-14-11-15-8-9-16(12-14)24(15)3;/h5-7,14-16H,4,8-12H2,1-3H3,(H,22,27);1H/t14?,15-,16+;. The molecule has 1 N–H and O–H groups in total. The Bertz CT molecular complexity index is 928. The SMILES string of the molecule is CCCn1nc(C(=O)NC2C[C@H]3CC[C@@H](C2)N3C)c(=O)c2cccc(C)c21.Cl. The summed E-state index contributed by atoms with van der Waals surface area (Å²) in [5.74, 6) is -0.331. The number of para-hydroxylation sites is 1. The van der Waals surface area contributed by atoms with Crippen molar-refractivity contribution in [3.05, 3.63) is 39.7 Å². The maximum absolute atomic E-state index is 13.0. The van der Waals surface area contributed by atoms with Crippen molar-refractivity contribution < 1.29 is 4.79 Å². The highest BCUT2D eigenvalue weighted by Crippen LogP contribution is 2.34. The van der Waals surface area contributed by atoms with Gasteiger partial charge in [0.2, 0.25) is 5.43 Å². The molecule has 7 heteroatoms. The summed E-state index contributed by atoms with van der Waals surface area (Å²) in [4.78, 5) is 28.3. The largest absolute Gasteiger partial charge is 0.348 e. The summed E-state index contributed by atoms with van der Waals surface area (Å²) in [5, 5.41) is 8.15. The van der Waals surface area contributed by atoms with Gasteiger partial charge in [0, 0.05) is 24.7 Å². The van der Waals surface area contributed by atoms with Crippen LogP contribution in [0.5, 0.6) is 0 Å². The number of piperidine rings is 1. The van der Waals surface area contributed by atoms with Gasteiger partial charge in [-0.2, -0.15) is 5.10 Å². The highest BCUT2D eigenvalue weighted by Gasteiger charge is 2.39. The molecule has 3 heterocycles. The number of carbonyl (C=O) groups is 1. The van der Waals surface area contributed by atoms with Gasteiger partial charge in [-0.15, -0.1) is 12.4 Å². The second-order valence-electron chi connectivity index (χ2n) is 8.06. The maximum Gasteiger partial charge on any atom is 0.276 e. The van der Waals surface area contributed by atoms with Gasteiger partial charge in [0.1, 0.15) is 0 Å². The van der Waals surface area contributed by atoms with Gasteiger partial charge >= 0.3 is 0 Å². The number of halogens is 1. The van der Waals surface area contributed by atoms with Crippen molar-refractivity contribution in [2.75, 3.05) is 7.05 Å². The molecule has 1 unspecified atom stereocenters. The Balaban J connectivity index is 0.00000225. The molecule has 2 aromatic rings. The lowest BCUT2D eigenvalue weighted by atomic mass is 9.98. The number of fused-ring (bicyclic) bond motifs is 3. The summed E-state index contributed by atoms with van der Waals surface area (Å²) in [6.07, 6.45) is 5.19. The normalized spacial score (nSPS) is 24.2. The fourth-order valence-electron chi connectivity index (χ4n) is 4.83. The smallest absolute Gasteiger partial charge is 0.276 e. The topological polar surface area (TPSA) is 67.2 Å². The van der Waals surface area contributed by atoms with Gasteiger partial charge < -0.3 is 10.2 Å². The minimum Gasteiger partial charge on any atom is -0.348 e. The van der Waals surface area contributed by atoms with E-state index in [1.807, 2.05) is 23.7 Å². The highest BCUT2D eigenvalue weighted by atomic mass is 35.5. The number of nitrogens with one attached hydrogen (secondary N) is 1. The number of aryl methyl sites for hydroxylation is 2. The summed E-state index contributed by atoms with van der Waals surface area (Å²) >= 11 is 0. The summed E-state index contributed by atoms with van der Waals surface area (Å²) < 4.78 is 1.82. The van der Waals surface area contributed by atoms with Crippen molar-refractivity contribution in [1.29, 1.82) is 0 Å². The Morgan fingerprint density at radius 3 is 2.57 bits per heavy atom. The Hall–Kier alpha value is -1.92. The zero-order valence-corrected chi connectivity index (χ0v) is 17.6. The van der Waals surface area contributed by atoms with Crippen LogP contribution >= 0.6 is 12.4 Å². The first-order valence-electron chi connectivity index (χ1n) is 10.0. The van der Waals surface area contributed by atoms with Crippen molar-refractivity contribution in [3.63, 3.8) is 0 Å². The van der Waals surface area contributed by atoms with E-state index in [4.69, 9.17) is 0 Å². The van der Waals surface area contributed by atoms with Crippen molar-refractivity contribution in [2.24, 2.45) is 0 Å². The molecule has 2 aliphatic heterocycles. The first-order valence-corrected chi connectivity index (χ1v) is 10.0. The third-order valence-corrected chi connectivity index (χ3v) is 6.26. The molecule has 3 atom stereocenters. The summed E-state index contributed by atoms with van der Waals surface area (Å²) in [6.45, 7) is 4.72. The van der Waals surface area contributed by atoms with Crippen molar-refractivity contribution in [1.82, 2.24) is 20.0 Å². The molecule has 1 amide bonds. The molecular weight excluding hydrogens is 376 g/mol. The number of hydrogen-bond donors (Lipinski definition) is 1. The third kappa shape index (κ3) is 3.55. The van der Waals surface area contributed by atoms with Crippen LogP contribution in [0.1, 0.15) is 55.1 Å². The summed E-state index contributed by atoms with van der Waals surface area (Å²) in [5.41, 5.74) is 1.59. The first kappa shape index (κ1) is 20.8. The molecule has 1 aromatic carbocycles. The van der Waals surface area contributed by atoms with Crippen LogP contribution in [-0.2, 0) is 6.54 Å². The highest BCUT2D eigenvalue weighted by molar-refractivity contribution is 5.96. The van der Waals surface area contributed by atoms with E-state index in [2.05, 4.69) is 29.3 Å².